The first-order chi connectivity index (χ1) is 29.3. The Morgan fingerprint density at radius 3 is 0.350 bits per heavy atom. The van der Waals surface area contributed by atoms with Crippen LogP contribution in [0.25, 0.3) is 5.59 Å². The second-order valence-corrected chi connectivity index (χ2v) is 19.7. The van der Waals surface area contributed by atoms with Crippen molar-refractivity contribution in [1.29, 1.82) is 0 Å². The van der Waals surface area contributed by atoms with Crippen LogP contribution in [0.15, 0.2) is 273 Å². The summed E-state index contributed by atoms with van der Waals surface area (Å²) in [7, 11) is -1.34. The molecule has 0 atom stereocenters. The van der Waals surface area contributed by atoms with Gasteiger partial charge in [0.25, 0.3) is 0 Å². The number of nitrogens with zero attached hydrogens (tertiary/aromatic N) is 1. The van der Waals surface area contributed by atoms with E-state index < -0.39 is 23.8 Å². The molecule has 2 nitrogen and oxygen atoms in total. The number of benzene rings is 9. The number of hydrogen-bond acceptors (Lipinski definition) is 1. The molecule has 0 unspecified atom stereocenters. The summed E-state index contributed by atoms with van der Waals surface area (Å²) in [6.07, 6.45) is 0. The Kier molecular flexibility index (Phi) is 19.5. The maximum atomic E-state index is 7.25. The van der Waals surface area contributed by atoms with Gasteiger partial charge in [0.15, 0.2) is 0 Å². The van der Waals surface area contributed by atoms with E-state index in [1.54, 1.807) is 0 Å². The van der Waals surface area contributed by atoms with Crippen molar-refractivity contribution in [2.24, 2.45) is 0 Å². The van der Waals surface area contributed by atoms with Crippen LogP contribution in [0.1, 0.15) is 0 Å². The molecule has 0 bridgehead atoms. The van der Waals surface area contributed by atoms with E-state index in [4.69, 9.17) is 10.5 Å². The SMILES string of the molecule is [Co].[N-]=O.c1ccc(P(c2ccccc2)c2ccccc2)cc1.c1ccc(P(c2ccccc2)c2ccccc2)cc1.c1ccc(P(c2ccccc2)c2ccccc2)cc1. The Morgan fingerprint density at radius 1 is 0.183 bits per heavy atom. The van der Waals surface area contributed by atoms with Gasteiger partial charge in [0.1, 0.15) is 0 Å². The van der Waals surface area contributed by atoms with E-state index in [0.29, 0.717) is 0 Å². The van der Waals surface area contributed by atoms with E-state index in [0.717, 1.165) is 0 Å². The van der Waals surface area contributed by atoms with Crippen LogP contribution in [-0.2, 0) is 16.8 Å². The van der Waals surface area contributed by atoms with Gasteiger partial charge in [-0.05, 0) is 71.5 Å². The smallest absolute Gasteiger partial charge is 0 e. The molecule has 0 aliphatic heterocycles. The van der Waals surface area contributed by atoms with E-state index in [9.17, 15) is 0 Å². The average Bonchev–Trinajstić information content (AvgIpc) is 3.34. The molecule has 0 aliphatic carbocycles. The molecule has 9 aromatic carbocycles. The Hall–Kier alpha value is -5.62. The van der Waals surface area contributed by atoms with E-state index in [-0.39, 0.29) is 16.8 Å². The molecule has 0 saturated heterocycles. The van der Waals surface area contributed by atoms with E-state index >= 15 is 0 Å². The summed E-state index contributed by atoms with van der Waals surface area (Å²) >= 11 is 0. The zero-order valence-electron chi connectivity index (χ0n) is 33.0. The fraction of sp³-hybridized carbons (Fsp3) is 0. The summed E-state index contributed by atoms with van der Waals surface area (Å²) < 4.78 is 0. The molecule has 0 heterocycles. The monoisotopic (exact) mass is 875 g/mol. The van der Waals surface area contributed by atoms with Crippen LogP contribution >= 0.6 is 23.8 Å². The summed E-state index contributed by atoms with van der Waals surface area (Å²) in [5.74, 6) is 0. The zero-order chi connectivity index (χ0) is 40.7. The molecular weight excluding hydrogens is 830 g/mol. The standard InChI is InChI=1S/3C18H15P.Co.NO/c3*1-4-10-16(11-5-1)19(17-12-6-2-7-13-17)18-14-8-3-9-15-18;;1-2/h3*1-15H;;/q;;;;-1. The zero-order valence-corrected chi connectivity index (χ0v) is 36.7. The minimum Gasteiger partial charge on any atom is -0.577 e. The van der Waals surface area contributed by atoms with Crippen molar-refractivity contribution in [3.05, 3.63) is 283 Å². The second-order valence-electron chi connectivity index (χ2n) is 13.0. The van der Waals surface area contributed by atoms with Gasteiger partial charge in [-0.25, -0.2) is 0 Å². The predicted molar refractivity (Wildman–Crippen MR) is 262 cm³/mol. The van der Waals surface area contributed by atoms with Crippen LogP contribution in [0.2, 0.25) is 0 Å². The third kappa shape index (κ3) is 13.2. The topological polar surface area (TPSA) is 39.4 Å². The Balaban J connectivity index is 0.000000166. The molecular formula is C54H45CoNOP3-. The van der Waals surface area contributed by atoms with Crippen molar-refractivity contribution in [2.45, 2.75) is 0 Å². The van der Waals surface area contributed by atoms with Gasteiger partial charge in [0, 0.05) is 16.8 Å². The van der Waals surface area contributed by atoms with Gasteiger partial charge in [0.05, 0.1) is 0 Å². The molecule has 9 rings (SSSR count). The van der Waals surface area contributed by atoms with Crippen molar-refractivity contribution in [2.75, 3.05) is 0 Å². The average molecular weight is 876 g/mol. The Labute approximate surface area is 369 Å². The number of hydrogen-bond donors (Lipinski definition) is 0. The van der Waals surface area contributed by atoms with Gasteiger partial charge < -0.3 is 10.5 Å². The molecule has 0 spiro atoms. The summed E-state index contributed by atoms with van der Waals surface area (Å²) in [5.41, 5.74) is 5.75. The first-order valence-corrected chi connectivity index (χ1v) is 23.4. The fourth-order valence-corrected chi connectivity index (χ4v) is 13.5. The van der Waals surface area contributed by atoms with Crippen LogP contribution in [0.5, 0.6) is 0 Å². The van der Waals surface area contributed by atoms with Crippen molar-refractivity contribution in [3.63, 3.8) is 0 Å². The van der Waals surface area contributed by atoms with Crippen molar-refractivity contribution in [1.82, 2.24) is 0 Å². The summed E-state index contributed by atoms with van der Waals surface area (Å²) in [4.78, 5) is 7.25. The molecule has 0 N–H and O–H groups in total. The third-order valence-electron chi connectivity index (χ3n) is 9.13. The predicted octanol–water partition coefficient (Wildman–Crippen LogP) is 10.7. The quantitative estimate of drug-likeness (QED) is 0.133. The summed E-state index contributed by atoms with van der Waals surface area (Å²) in [6, 6.07) is 97.0. The van der Waals surface area contributed by atoms with E-state index in [2.05, 4.69) is 273 Å². The van der Waals surface area contributed by atoms with Gasteiger partial charge in [-0.15, -0.1) is 0 Å². The maximum absolute atomic E-state index is 7.25. The van der Waals surface area contributed by atoms with Gasteiger partial charge in [-0.1, -0.05) is 273 Å². The van der Waals surface area contributed by atoms with Crippen LogP contribution in [0.4, 0.5) is 0 Å². The van der Waals surface area contributed by atoms with Crippen LogP contribution in [0.3, 0.4) is 0 Å². The summed E-state index contributed by atoms with van der Waals surface area (Å²) in [5, 5.41) is 12.6. The fourth-order valence-electron chi connectivity index (χ4n) is 6.54. The first kappa shape index (κ1) is 45.5. The molecule has 9 aromatic rings. The molecule has 0 fully saturated rings. The molecule has 6 heteroatoms. The molecule has 0 amide bonds. The number of nitroso groups, excluding NO2 is 1. The van der Waals surface area contributed by atoms with Crippen molar-refractivity contribution >= 4 is 71.5 Å². The molecule has 0 aromatic heterocycles. The largest absolute Gasteiger partial charge is 0.577 e. The minimum absolute atomic E-state index is 0. The van der Waals surface area contributed by atoms with E-state index in [1.165, 1.54) is 47.7 Å². The molecule has 0 aliphatic rings. The van der Waals surface area contributed by atoms with Crippen LogP contribution in [-0.4, -0.2) is 0 Å². The number of rotatable bonds is 9. The first-order valence-electron chi connectivity index (χ1n) is 19.4. The minimum atomic E-state index is -0.446. The Morgan fingerprint density at radius 2 is 0.267 bits per heavy atom. The third-order valence-corrected chi connectivity index (χ3v) is 16.5. The second kappa shape index (κ2) is 25.8. The van der Waals surface area contributed by atoms with Crippen LogP contribution in [0, 0.1) is 4.91 Å². The molecule has 60 heavy (non-hydrogen) atoms. The van der Waals surface area contributed by atoms with Crippen molar-refractivity contribution in [3.8, 4) is 0 Å². The Bertz CT molecular complexity index is 1890. The molecule has 1 radical (unpaired) electrons. The van der Waals surface area contributed by atoms with Gasteiger partial charge in [-0.3, -0.25) is 0 Å². The van der Waals surface area contributed by atoms with Crippen LogP contribution < -0.4 is 47.7 Å². The molecule has 0 saturated carbocycles. The maximum Gasteiger partial charge on any atom is 0 e. The summed E-state index contributed by atoms with van der Waals surface area (Å²) in [6.45, 7) is 0. The van der Waals surface area contributed by atoms with Gasteiger partial charge >= 0.3 is 0 Å². The van der Waals surface area contributed by atoms with Gasteiger partial charge in [0.2, 0.25) is 0 Å². The van der Waals surface area contributed by atoms with Crippen molar-refractivity contribution < 1.29 is 16.8 Å². The normalized spacial score (nSPS) is 10.1. The van der Waals surface area contributed by atoms with Gasteiger partial charge in [-0.2, -0.15) is 0 Å². The van der Waals surface area contributed by atoms with E-state index in [1.807, 2.05) is 0 Å². The molecule has 297 valence electrons.